The first-order valence-corrected chi connectivity index (χ1v) is 7.01. The second-order valence-electron chi connectivity index (χ2n) is 3.83. The molecule has 1 heterocycles. The predicted molar refractivity (Wildman–Crippen MR) is 76.7 cm³/mol. The van der Waals surface area contributed by atoms with Crippen molar-refractivity contribution in [3.05, 3.63) is 56.2 Å². The molecule has 1 atom stereocenters. The summed E-state index contributed by atoms with van der Waals surface area (Å²) in [7, 11) is 0. The second-order valence-corrected chi connectivity index (χ2v) is 5.66. The van der Waals surface area contributed by atoms with Crippen LogP contribution in [0.3, 0.4) is 0 Å². The Morgan fingerprint density at radius 3 is 2.78 bits per heavy atom. The molecule has 0 bridgehead atoms. The van der Waals surface area contributed by atoms with Crippen LogP contribution in [0.5, 0.6) is 0 Å². The topological polar surface area (TPSA) is 29.1 Å². The molecule has 0 saturated heterocycles. The number of amides is 1. The van der Waals surface area contributed by atoms with Gasteiger partial charge in [0.1, 0.15) is 0 Å². The van der Waals surface area contributed by atoms with Gasteiger partial charge in [-0.15, -0.1) is 11.3 Å². The summed E-state index contributed by atoms with van der Waals surface area (Å²) in [6, 6.07) is 8.73. The number of hydrogen-bond acceptors (Lipinski definition) is 2. The Morgan fingerprint density at radius 1 is 1.33 bits per heavy atom. The van der Waals surface area contributed by atoms with Gasteiger partial charge in [-0.1, -0.05) is 29.3 Å². The third kappa shape index (κ3) is 3.05. The van der Waals surface area contributed by atoms with Gasteiger partial charge in [-0.05, 0) is 36.6 Å². The largest absolute Gasteiger partial charge is 0.345 e. The number of nitrogens with one attached hydrogen (secondary N) is 1. The van der Waals surface area contributed by atoms with E-state index in [1.807, 2.05) is 24.4 Å². The van der Waals surface area contributed by atoms with Crippen LogP contribution in [0.15, 0.2) is 35.7 Å². The minimum Gasteiger partial charge on any atom is -0.345 e. The zero-order chi connectivity index (χ0) is 13.1. The molecule has 1 N–H and O–H groups in total. The first-order valence-electron chi connectivity index (χ1n) is 5.37. The van der Waals surface area contributed by atoms with Crippen LogP contribution in [0.4, 0.5) is 0 Å². The Kier molecular flexibility index (Phi) is 4.27. The van der Waals surface area contributed by atoms with Crippen molar-refractivity contribution < 1.29 is 4.79 Å². The summed E-state index contributed by atoms with van der Waals surface area (Å²) in [5, 5.41) is 5.76. The Hall–Kier alpha value is -1.03. The quantitative estimate of drug-likeness (QED) is 0.885. The molecule has 1 aromatic carbocycles. The van der Waals surface area contributed by atoms with Gasteiger partial charge in [-0.25, -0.2) is 0 Å². The number of thiophene rings is 1. The summed E-state index contributed by atoms with van der Waals surface area (Å²) in [4.78, 5) is 13.2. The molecule has 0 spiro atoms. The second kappa shape index (κ2) is 5.74. The van der Waals surface area contributed by atoms with E-state index in [2.05, 4.69) is 5.32 Å². The molecule has 0 saturated carbocycles. The molecule has 0 fully saturated rings. The average molecular weight is 300 g/mol. The molecular formula is C13H11Cl2NOS. The summed E-state index contributed by atoms with van der Waals surface area (Å²) in [5.74, 6) is -0.219. The lowest BCUT2D eigenvalue weighted by Crippen LogP contribution is -2.26. The lowest BCUT2D eigenvalue weighted by Gasteiger charge is -2.13. The summed E-state index contributed by atoms with van der Waals surface area (Å²) >= 11 is 13.4. The minimum atomic E-state index is -0.219. The van der Waals surface area contributed by atoms with Gasteiger partial charge in [0.15, 0.2) is 0 Å². The number of benzene rings is 1. The highest BCUT2D eigenvalue weighted by atomic mass is 35.5. The molecule has 2 nitrogen and oxygen atoms in total. The summed E-state index contributed by atoms with van der Waals surface area (Å²) in [5.41, 5.74) is 0.396. The molecule has 0 unspecified atom stereocenters. The number of hydrogen-bond donors (Lipinski definition) is 1. The van der Waals surface area contributed by atoms with E-state index in [4.69, 9.17) is 23.2 Å². The van der Waals surface area contributed by atoms with Gasteiger partial charge < -0.3 is 5.32 Å². The molecule has 5 heteroatoms. The smallest absolute Gasteiger partial charge is 0.253 e. The van der Waals surface area contributed by atoms with Crippen molar-refractivity contribution in [3.8, 4) is 0 Å². The Morgan fingerprint density at radius 2 is 2.11 bits per heavy atom. The van der Waals surface area contributed by atoms with Crippen LogP contribution >= 0.6 is 34.5 Å². The first-order chi connectivity index (χ1) is 8.58. The average Bonchev–Trinajstić information content (AvgIpc) is 2.85. The fourth-order valence-corrected chi connectivity index (χ4v) is 2.66. The SMILES string of the molecule is C[C@@H](NC(=O)c1cc(Cl)ccc1Cl)c1cccs1. The van der Waals surface area contributed by atoms with Crippen LogP contribution in [0.2, 0.25) is 10.0 Å². The molecule has 1 aromatic heterocycles. The normalized spacial score (nSPS) is 12.2. The number of carbonyl (C=O) groups is 1. The molecule has 18 heavy (non-hydrogen) atoms. The highest BCUT2D eigenvalue weighted by molar-refractivity contribution is 7.10. The van der Waals surface area contributed by atoms with Crippen molar-refractivity contribution in [2.75, 3.05) is 0 Å². The maximum atomic E-state index is 12.1. The highest BCUT2D eigenvalue weighted by Gasteiger charge is 2.15. The van der Waals surface area contributed by atoms with Crippen LogP contribution < -0.4 is 5.32 Å². The van der Waals surface area contributed by atoms with E-state index >= 15 is 0 Å². The van der Waals surface area contributed by atoms with Crippen molar-refractivity contribution in [3.63, 3.8) is 0 Å². The summed E-state index contributed by atoms with van der Waals surface area (Å²) < 4.78 is 0. The number of carbonyl (C=O) groups excluding carboxylic acids is 1. The van der Waals surface area contributed by atoms with E-state index in [-0.39, 0.29) is 11.9 Å². The summed E-state index contributed by atoms with van der Waals surface area (Å²) in [6.07, 6.45) is 0. The molecule has 1 amide bonds. The highest BCUT2D eigenvalue weighted by Crippen LogP contribution is 2.23. The van der Waals surface area contributed by atoms with Gasteiger partial charge in [0, 0.05) is 9.90 Å². The van der Waals surface area contributed by atoms with E-state index < -0.39 is 0 Å². The molecule has 2 aromatic rings. The van der Waals surface area contributed by atoms with Crippen LogP contribution in [0.1, 0.15) is 28.2 Å². The van der Waals surface area contributed by atoms with Crippen molar-refractivity contribution in [1.29, 1.82) is 0 Å². The van der Waals surface area contributed by atoms with Crippen molar-refractivity contribution in [2.24, 2.45) is 0 Å². The van der Waals surface area contributed by atoms with Crippen LogP contribution in [0.25, 0.3) is 0 Å². The zero-order valence-corrected chi connectivity index (χ0v) is 11.9. The Labute approximate surface area is 120 Å². The van der Waals surface area contributed by atoms with Crippen LogP contribution in [-0.4, -0.2) is 5.91 Å². The van der Waals surface area contributed by atoms with E-state index in [9.17, 15) is 4.79 Å². The molecule has 94 valence electrons. The molecule has 0 radical (unpaired) electrons. The van der Waals surface area contributed by atoms with E-state index in [1.54, 1.807) is 29.5 Å². The zero-order valence-electron chi connectivity index (χ0n) is 9.61. The Bertz CT molecular complexity index is 554. The lowest BCUT2D eigenvalue weighted by atomic mass is 10.2. The third-order valence-corrected chi connectivity index (χ3v) is 4.11. The van der Waals surface area contributed by atoms with Gasteiger partial charge >= 0.3 is 0 Å². The van der Waals surface area contributed by atoms with Crippen molar-refractivity contribution in [1.82, 2.24) is 5.32 Å². The van der Waals surface area contributed by atoms with Gasteiger partial charge in [0.25, 0.3) is 5.91 Å². The van der Waals surface area contributed by atoms with Crippen LogP contribution in [0, 0.1) is 0 Å². The maximum absolute atomic E-state index is 12.1. The molecule has 2 rings (SSSR count). The predicted octanol–water partition coefficient (Wildman–Crippen LogP) is 4.55. The van der Waals surface area contributed by atoms with Gasteiger partial charge in [0.05, 0.1) is 16.6 Å². The molecule has 0 aliphatic heterocycles. The maximum Gasteiger partial charge on any atom is 0.253 e. The van der Waals surface area contributed by atoms with Gasteiger partial charge in [0.2, 0.25) is 0 Å². The van der Waals surface area contributed by atoms with E-state index in [0.29, 0.717) is 15.6 Å². The summed E-state index contributed by atoms with van der Waals surface area (Å²) in [6.45, 7) is 1.93. The number of halogens is 2. The first kappa shape index (κ1) is 13.4. The van der Waals surface area contributed by atoms with Gasteiger partial charge in [-0.2, -0.15) is 0 Å². The Balaban J connectivity index is 2.15. The standard InChI is InChI=1S/C13H11Cl2NOS/c1-8(12-3-2-6-18-12)16-13(17)10-7-9(14)4-5-11(10)15/h2-8H,1H3,(H,16,17)/t8-/m1/s1. The number of rotatable bonds is 3. The van der Waals surface area contributed by atoms with Crippen LogP contribution in [-0.2, 0) is 0 Å². The molecule has 0 aliphatic carbocycles. The lowest BCUT2D eigenvalue weighted by molar-refractivity contribution is 0.0940. The van der Waals surface area contributed by atoms with Gasteiger partial charge in [-0.3, -0.25) is 4.79 Å². The molecule has 0 aliphatic rings. The monoisotopic (exact) mass is 299 g/mol. The van der Waals surface area contributed by atoms with Crippen molar-refractivity contribution in [2.45, 2.75) is 13.0 Å². The fourth-order valence-electron chi connectivity index (χ4n) is 1.55. The van der Waals surface area contributed by atoms with E-state index in [0.717, 1.165) is 4.88 Å². The van der Waals surface area contributed by atoms with Crippen molar-refractivity contribution >= 4 is 40.4 Å². The minimum absolute atomic E-state index is 0.0486. The third-order valence-electron chi connectivity index (χ3n) is 2.49. The van der Waals surface area contributed by atoms with E-state index in [1.165, 1.54) is 0 Å². The molecular weight excluding hydrogens is 289 g/mol. The fraction of sp³-hybridized carbons (Fsp3) is 0.154.